The van der Waals surface area contributed by atoms with Gasteiger partial charge in [0.1, 0.15) is 0 Å². The molecule has 1 aromatic rings. The number of rotatable bonds is 6. The summed E-state index contributed by atoms with van der Waals surface area (Å²) in [4.78, 5) is 11.4. The van der Waals surface area contributed by atoms with Crippen LogP contribution in [0.2, 0.25) is 0 Å². The van der Waals surface area contributed by atoms with Crippen LogP contribution in [0, 0.1) is 0 Å². The topological polar surface area (TPSA) is 44.8 Å². The summed E-state index contributed by atoms with van der Waals surface area (Å²) in [6, 6.07) is 9.97. The van der Waals surface area contributed by atoms with Crippen LogP contribution in [0.4, 0.5) is 0 Å². The quantitative estimate of drug-likeness (QED) is 0.592. The van der Waals surface area contributed by atoms with Gasteiger partial charge in [0.2, 0.25) is 0 Å². The molecule has 1 heterocycles. The van der Waals surface area contributed by atoms with Crippen molar-refractivity contribution in [2.24, 2.45) is 0 Å². The minimum absolute atomic E-state index is 0.157. The predicted molar refractivity (Wildman–Crippen MR) is 84.2 cm³/mol. The van der Waals surface area contributed by atoms with Gasteiger partial charge in [0.25, 0.3) is 0 Å². The number of hydrogen-bond donors (Lipinski definition) is 0. The molecule has 0 saturated carbocycles. The minimum Gasteiger partial charge on any atom is -0.463 e. The van der Waals surface area contributed by atoms with E-state index in [-0.39, 0.29) is 18.4 Å². The zero-order valence-electron chi connectivity index (χ0n) is 13.3. The molecule has 0 radical (unpaired) electrons. The molecule has 1 aromatic carbocycles. The first kappa shape index (κ1) is 16.7. The normalized spacial score (nSPS) is 22.4. The molecule has 1 aliphatic rings. The molecule has 2 rings (SSSR count). The third-order valence-corrected chi connectivity index (χ3v) is 3.61. The highest BCUT2D eigenvalue weighted by atomic mass is 16.7. The zero-order chi connectivity index (χ0) is 15.8. The van der Waals surface area contributed by atoms with Crippen LogP contribution < -0.4 is 0 Å². The third kappa shape index (κ3) is 5.28. The summed E-state index contributed by atoms with van der Waals surface area (Å²) in [5, 5.41) is 0. The fourth-order valence-corrected chi connectivity index (χ4v) is 2.43. The molecular formula is C18H24O4. The van der Waals surface area contributed by atoms with Crippen LogP contribution in [0.5, 0.6) is 0 Å². The number of ether oxygens (including phenoxy) is 3. The highest BCUT2D eigenvalue weighted by Gasteiger charge is 2.23. The second-order valence-corrected chi connectivity index (χ2v) is 5.44. The lowest BCUT2D eigenvalue weighted by atomic mass is 10.0. The molecule has 2 atom stereocenters. The Hall–Kier alpha value is -1.65. The summed E-state index contributed by atoms with van der Waals surface area (Å²) in [6.07, 6.45) is 4.03. The van der Waals surface area contributed by atoms with Crippen molar-refractivity contribution in [2.45, 2.75) is 45.5 Å². The van der Waals surface area contributed by atoms with Gasteiger partial charge >= 0.3 is 5.97 Å². The van der Waals surface area contributed by atoms with Gasteiger partial charge in [-0.25, -0.2) is 4.79 Å². The van der Waals surface area contributed by atoms with Crippen LogP contribution in [0.25, 0.3) is 0 Å². The number of benzene rings is 1. The molecule has 1 unspecified atom stereocenters. The first-order valence-electron chi connectivity index (χ1n) is 7.85. The summed E-state index contributed by atoms with van der Waals surface area (Å²) >= 11 is 0. The van der Waals surface area contributed by atoms with Gasteiger partial charge in [-0.15, -0.1) is 0 Å². The first-order valence-corrected chi connectivity index (χ1v) is 7.85. The number of hydrogen-bond acceptors (Lipinski definition) is 4. The lowest BCUT2D eigenvalue weighted by Gasteiger charge is -2.30. The average molecular weight is 304 g/mol. The Morgan fingerprint density at radius 1 is 1.36 bits per heavy atom. The highest BCUT2D eigenvalue weighted by Crippen LogP contribution is 2.28. The van der Waals surface area contributed by atoms with Crippen molar-refractivity contribution in [3.05, 3.63) is 47.5 Å². The van der Waals surface area contributed by atoms with E-state index in [4.69, 9.17) is 14.2 Å². The van der Waals surface area contributed by atoms with Gasteiger partial charge in [0, 0.05) is 11.6 Å². The summed E-state index contributed by atoms with van der Waals surface area (Å²) in [6.45, 7) is 4.86. The molecule has 120 valence electrons. The van der Waals surface area contributed by atoms with Gasteiger partial charge in [-0.3, -0.25) is 0 Å². The van der Waals surface area contributed by atoms with E-state index in [1.54, 1.807) is 13.0 Å². The lowest BCUT2D eigenvalue weighted by molar-refractivity contribution is -0.218. The van der Waals surface area contributed by atoms with Crippen molar-refractivity contribution < 1.29 is 19.0 Å². The zero-order valence-corrected chi connectivity index (χ0v) is 13.3. The molecule has 1 aliphatic heterocycles. The SMILES string of the molecule is CCOC(=O)/C=C(\C)CC[C@H]1CCOC(c2ccccc2)O1. The van der Waals surface area contributed by atoms with Gasteiger partial charge in [0.05, 0.1) is 19.3 Å². The van der Waals surface area contributed by atoms with E-state index >= 15 is 0 Å². The van der Waals surface area contributed by atoms with Gasteiger partial charge in [-0.05, 0) is 33.1 Å². The van der Waals surface area contributed by atoms with E-state index in [0.29, 0.717) is 13.2 Å². The highest BCUT2D eigenvalue weighted by molar-refractivity contribution is 5.82. The van der Waals surface area contributed by atoms with Gasteiger partial charge in [-0.1, -0.05) is 35.9 Å². The summed E-state index contributed by atoms with van der Waals surface area (Å²) in [7, 11) is 0. The number of carbonyl (C=O) groups excluding carboxylic acids is 1. The second-order valence-electron chi connectivity index (χ2n) is 5.44. The Labute approximate surface area is 132 Å². The molecule has 0 bridgehead atoms. The van der Waals surface area contributed by atoms with Crippen molar-refractivity contribution in [2.75, 3.05) is 13.2 Å². The van der Waals surface area contributed by atoms with Crippen LogP contribution in [0.15, 0.2) is 42.0 Å². The lowest BCUT2D eigenvalue weighted by Crippen LogP contribution is -2.27. The molecule has 0 amide bonds. The fourth-order valence-electron chi connectivity index (χ4n) is 2.43. The van der Waals surface area contributed by atoms with E-state index in [1.807, 2.05) is 37.3 Å². The average Bonchev–Trinajstić information content (AvgIpc) is 2.54. The van der Waals surface area contributed by atoms with Crippen molar-refractivity contribution in [1.82, 2.24) is 0 Å². The molecule has 1 saturated heterocycles. The standard InChI is InChI=1S/C18H24O4/c1-3-20-17(19)13-14(2)9-10-16-11-12-21-18(22-16)15-7-5-4-6-8-15/h4-8,13,16,18H,3,9-12H2,1-2H3/b14-13+/t16-,18?/m0/s1. The molecule has 22 heavy (non-hydrogen) atoms. The van der Waals surface area contributed by atoms with E-state index in [2.05, 4.69) is 0 Å². The number of esters is 1. The Morgan fingerprint density at radius 2 is 2.14 bits per heavy atom. The van der Waals surface area contributed by atoms with Crippen molar-refractivity contribution in [1.29, 1.82) is 0 Å². The molecule has 1 fully saturated rings. The summed E-state index contributed by atoms with van der Waals surface area (Å²) in [5.74, 6) is -0.268. The summed E-state index contributed by atoms with van der Waals surface area (Å²) in [5.41, 5.74) is 2.07. The molecule has 4 heteroatoms. The van der Waals surface area contributed by atoms with E-state index in [1.165, 1.54) is 0 Å². The third-order valence-electron chi connectivity index (χ3n) is 3.61. The molecule has 0 N–H and O–H groups in total. The number of allylic oxidation sites excluding steroid dienone is 1. The predicted octanol–water partition coefficient (Wildman–Crippen LogP) is 3.78. The van der Waals surface area contributed by atoms with Gasteiger partial charge < -0.3 is 14.2 Å². The maximum atomic E-state index is 11.4. The van der Waals surface area contributed by atoms with Gasteiger partial charge in [-0.2, -0.15) is 0 Å². The minimum atomic E-state index is -0.283. The Balaban J connectivity index is 1.82. The van der Waals surface area contributed by atoms with E-state index in [0.717, 1.165) is 30.4 Å². The van der Waals surface area contributed by atoms with Gasteiger partial charge in [0.15, 0.2) is 6.29 Å². The molecule has 0 aliphatic carbocycles. The van der Waals surface area contributed by atoms with Crippen molar-refractivity contribution in [3.8, 4) is 0 Å². The largest absolute Gasteiger partial charge is 0.463 e. The fraction of sp³-hybridized carbons (Fsp3) is 0.500. The monoisotopic (exact) mass is 304 g/mol. The maximum Gasteiger partial charge on any atom is 0.330 e. The Bertz CT molecular complexity index is 495. The van der Waals surface area contributed by atoms with Crippen LogP contribution in [-0.2, 0) is 19.0 Å². The second kappa shape index (κ2) is 8.71. The summed E-state index contributed by atoms with van der Waals surface area (Å²) < 4.78 is 16.6. The van der Waals surface area contributed by atoms with Crippen molar-refractivity contribution >= 4 is 5.97 Å². The molecular weight excluding hydrogens is 280 g/mol. The number of carbonyl (C=O) groups is 1. The van der Waals surface area contributed by atoms with Crippen molar-refractivity contribution in [3.63, 3.8) is 0 Å². The Kier molecular flexibility index (Phi) is 6.62. The maximum absolute atomic E-state index is 11.4. The van der Waals surface area contributed by atoms with Crippen LogP contribution >= 0.6 is 0 Å². The first-order chi connectivity index (χ1) is 10.7. The molecule has 0 aromatic heterocycles. The van der Waals surface area contributed by atoms with E-state index < -0.39 is 0 Å². The van der Waals surface area contributed by atoms with Crippen LogP contribution in [-0.4, -0.2) is 25.3 Å². The molecule has 0 spiro atoms. The van der Waals surface area contributed by atoms with E-state index in [9.17, 15) is 4.79 Å². The molecule has 4 nitrogen and oxygen atoms in total. The van der Waals surface area contributed by atoms with Crippen LogP contribution in [0.3, 0.4) is 0 Å². The smallest absolute Gasteiger partial charge is 0.330 e. The van der Waals surface area contributed by atoms with Crippen LogP contribution in [0.1, 0.15) is 45.0 Å². The Morgan fingerprint density at radius 3 is 2.86 bits per heavy atom.